The molecular weight excluding hydrogens is 658 g/mol. The molecule has 1 amide bonds. The number of anilines is 2. The molecule has 0 aliphatic heterocycles. The van der Waals surface area contributed by atoms with Crippen molar-refractivity contribution in [3.8, 4) is 0 Å². The first kappa shape index (κ1) is 33.7. The van der Waals surface area contributed by atoms with Crippen LogP contribution in [0.25, 0.3) is 10.8 Å². The van der Waals surface area contributed by atoms with Crippen molar-refractivity contribution in [1.82, 2.24) is 9.71 Å². The van der Waals surface area contributed by atoms with Crippen molar-refractivity contribution in [3.63, 3.8) is 0 Å². The highest BCUT2D eigenvalue weighted by Crippen LogP contribution is 2.38. The van der Waals surface area contributed by atoms with Crippen LogP contribution in [-0.2, 0) is 34.9 Å². The van der Waals surface area contributed by atoms with Crippen molar-refractivity contribution < 1.29 is 43.2 Å². The summed E-state index contributed by atoms with van der Waals surface area (Å²) in [6.45, 7) is 0.357. The number of carbonyl (C=O) groups excluding carboxylic acids is 1. The van der Waals surface area contributed by atoms with Crippen molar-refractivity contribution >= 4 is 58.3 Å². The molecule has 4 aromatic rings. The van der Waals surface area contributed by atoms with E-state index < -0.39 is 71.6 Å². The fourth-order valence-electron chi connectivity index (χ4n) is 4.34. The van der Waals surface area contributed by atoms with E-state index in [1.807, 2.05) is 0 Å². The third-order valence-electron chi connectivity index (χ3n) is 6.39. The third-order valence-corrected chi connectivity index (χ3v) is 10.5. The van der Waals surface area contributed by atoms with Crippen molar-refractivity contribution in [2.75, 3.05) is 28.0 Å². The molecular formula is C28H27F3N4O7S3. The molecule has 0 aliphatic rings. The Morgan fingerprint density at radius 2 is 1.22 bits per heavy atom. The van der Waals surface area contributed by atoms with E-state index in [0.29, 0.717) is 21.7 Å². The second kappa shape index (κ2) is 12.3. The first-order valence-electron chi connectivity index (χ1n) is 12.9. The summed E-state index contributed by atoms with van der Waals surface area (Å²) in [6.07, 6.45) is -3.54. The number of hydrogen-bond acceptors (Lipinski definition) is 8. The number of nitrogens with one attached hydrogen (secondary N) is 1. The number of aryl methyl sites for hydroxylation is 2. The molecule has 0 unspecified atom stereocenters. The van der Waals surface area contributed by atoms with Crippen LogP contribution in [-0.4, -0.2) is 61.7 Å². The minimum Gasteiger partial charge on any atom is -0.272 e. The van der Waals surface area contributed by atoms with Crippen molar-refractivity contribution in [1.29, 1.82) is 0 Å². The summed E-state index contributed by atoms with van der Waals surface area (Å²) < 4.78 is 122. The van der Waals surface area contributed by atoms with Gasteiger partial charge in [0.1, 0.15) is 13.1 Å². The number of hydrogen-bond donors (Lipinski definition) is 1. The summed E-state index contributed by atoms with van der Waals surface area (Å²) >= 11 is 0. The van der Waals surface area contributed by atoms with Gasteiger partial charge in [-0.15, -0.1) is 0 Å². The van der Waals surface area contributed by atoms with Crippen LogP contribution in [0.3, 0.4) is 0 Å². The molecule has 0 saturated heterocycles. The van der Waals surface area contributed by atoms with Gasteiger partial charge in [0.2, 0.25) is 10.0 Å². The number of fused-ring (bicyclic) bond motifs is 1. The minimum atomic E-state index is -5.00. The Balaban J connectivity index is 1.97. The molecule has 1 aromatic heterocycles. The summed E-state index contributed by atoms with van der Waals surface area (Å²) in [5.41, 5.74) is 0.867. The third kappa shape index (κ3) is 7.72. The fraction of sp³-hybridized carbons (Fsp3) is 0.214. The number of rotatable bonds is 10. The van der Waals surface area contributed by atoms with Gasteiger partial charge in [0.15, 0.2) is 5.82 Å². The fourth-order valence-corrected chi connectivity index (χ4v) is 7.67. The molecule has 240 valence electrons. The maximum atomic E-state index is 13.9. The van der Waals surface area contributed by atoms with E-state index in [1.54, 1.807) is 18.6 Å². The highest BCUT2D eigenvalue weighted by molar-refractivity contribution is 7.93. The number of nitrogens with zero attached hydrogens (tertiary/aromatic N) is 3. The number of alkyl halides is 3. The highest BCUT2D eigenvalue weighted by atomic mass is 32.2. The number of amides is 1. The van der Waals surface area contributed by atoms with Gasteiger partial charge in [-0.1, -0.05) is 59.7 Å². The molecule has 1 heterocycles. The second-order valence-corrected chi connectivity index (χ2v) is 15.5. The normalized spacial score (nSPS) is 12.6. The molecule has 0 radical (unpaired) electrons. The molecule has 3 aromatic carbocycles. The maximum absolute atomic E-state index is 13.9. The lowest BCUT2D eigenvalue weighted by Gasteiger charge is -2.29. The molecule has 0 aliphatic carbocycles. The average Bonchev–Trinajstić information content (AvgIpc) is 2.93. The van der Waals surface area contributed by atoms with Gasteiger partial charge in [-0.3, -0.25) is 13.8 Å². The van der Waals surface area contributed by atoms with Gasteiger partial charge < -0.3 is 0 Å². The average molecular weight is 685 g/mol. The Kier molecular flexibility index (Phi) is 9.19. The van der Waals surface area contributed by atoms with Gasteiger partial charge in [0, 0.05) is 10.8 Å². The largest absolute Gasteiger partial charge is 0.407 e. The summed E-state index contributed by atoms with van der Waals surface area (Å²) in [7, 11) is -13.6. The van der Waals surface area contributed by atoms with Crippen molar-refractivity contribution in [2.45, 2.75) is 29.8 Å². The van der Waals surface area contributed by atoms with E-state index in [9.17, 15) is 43.2 Å². The molecule has 17 heteroatoms. The predicted octanol–water partition coefficient (Wildman–Crippen LogP) is 3.88. The molecule has 0 fully saturated rings. The first-order valence-corrected chi connectivity index (χ1v) is 17.7. The van der Waals surface area contributed by atoms with Gasteiger partial charge in [-0.2, -0.15) is 13.2 Å². The SMILES string of the molecule is Cc1ccc(S(=O)(=O)N(CC(F)(F)F)c2cnc(N(CC(=O)NS(C)(=O)=O)S(=O)(=O)c3ccc(C)cc3)c3ccccc23)cc1. The van der Waals surface area contributed by atoms with Crippen LogP contribution >= 0.6 is 0 Å². The van der Waals surface area contributed by atoms with Gasteiger partial charge in [0.05, 0.1) is 27.9 Å². The maximum Gasteiger partial charge on any atom is 0.407 e. The molecule has 0 atom stereocenters. The lowest BCUT2D eigenvalue weighted by Crippen LogP contribution is -2.43. The Morgan fingerprint density at radius 3 is 1.69 bits per heavy atom. The lowest BCUT2D eigenvalue weighted by molar-refractivity contribution is -0.118. The van der Waals surface area contributed by atoms with Gasteiger partial charge in [0.25, 0.3) is 26.0 Å². The molecule has 11 nitrogen and oxygen atoms in total. The summed E-state index contributed by atoms with van der Waals surface area (Å²) in [6, 6.07) is 16.0. The Morgan fingerprint density at radius 1 is 0.756 bits per heavy atom. The molecule has 0 bridgehead atoms. The molecule has 4 rings (SSSR count). The van der Waals surface area contributed by atoms with E-state index >= 15 is 0 Å². The number of sulfonamides is 3. The molecule has 0 saturated carbocycles. The minimum absolute atomic E-state index is 0.131. The number of pyridine rings is 1. The lowest BCUT2D eigenvalue weighted by atomic mass is 10.1. The van der Waals surface area contributed by atoms with Crippen molar-refractivity contribution in [3.05, 3.63) is 90.1 Å². The first-order chi connectivity index (χ1) is 20.8. The number of benzene rings is 3. The zero-order valence-electron chi connectivity index (χ0n) is 24.0. The van der Waals surface area contributed by atoms with Crippen LogP contribution in [0.2, 0.25) is 0 Å². The Bertz CT molecular complexity index is 2070. The van der Waals surface area contributed by atoms with E-state index in [1.165, 1.54) is 60.7 Å². The second-order valence-electron chi connectivity index (χ2n) is 10.1. The highest BCUT2D eigenvalue weighted by Gasteiger charge is 2.39. The monoisotopic (exact) mass is 684 g/mol. The summed E-state index contributed by atoms with van der Waals surface area (Å²) in [4.78, 5) is 16.1. The van der Waals surface area contributed by atoms with Gasteiger partial charge in [-0.25, -0.2) is 34.5 Å². The van der Waals surface area contributed by atoms with Crippen LogP contribution in [0.5, 0.6) is 0 Å². The topological polar surface area (TPSA) is 151 Å². The molecule has 0 spiro atoms. The Labute approximate surface area is 258 Å². The summed E-state index contributed by atoms with van der Waals surface area (Å²) in [5.74, 6) is -1.71. The van der Waals surface area contributed by atoms with E-state index in [0.717, 1.165) is 18.3 Å². The zero-order valence-corrected chi connectivity index (χ0v) is 26.4. The molecule has 45 heavy (non-hydrogen) atoms. The Hall–Kier alpha value is -4.22. The van der Waals surface area contributed by atoms with E-state index in [4.69, 9.17) is 0 Å². The van der Waals surface area contributed by atoms with Crippen LogP contribution in [0, 0.1) is 13.8 Å². The predicted molar refractivity (Wildman–Crippen MR) is 162 cm³/mol. The summed E-state index contributed by atoms with van der Waals surface area (Å²) in [5, 5.41) is -0.279. The smallest absolute Gasteiger partial charge is 0.272 e. The number of halogens is 3. The molecule has 1 N–H and O–H groups in total. The van der Waals surface area contributed by atoms with Crippen molar-refractivity contribution in [2.24, 2.45) is 0 Å². The van der Waals surface area contributed by atoms with Crippen LogP contribution < -0.4 is 13.3 Å². The number of aromatic nitrogens is 1. The number of carbonyl (C=O) groups is 1. The standard InChI is InChI=1S/C28H27F3N4O7S3/c1-19-8-12-21(13-9-19)44(39,40)34(17-26(36)33-43(3,37)38)27-24-7-5-4-6-23(24)25(16-32-27)35(18-28(29,30)31)45(41,42)22-14-10-20(2)11-15-22/h4-16H,17-18H2,1-3H3,(H,33,36). The van der Waals surface area contributed by atoms with Crippen LogP contribution in [0.1, 0.15) is 11.1 Å². The van der Waals surface area contributed by atoms with E-state index in [2.05, 4.69) is 4.98 Å². The van der Waals surface area contributed by atoms with Gasteiger partial charge in [-0.05, 0) is 38.1 Å². The zero-order chi connectivity index (χ0) is 33.4. The van der Waals surface area contributed by atoms with Gasteiger partial charge >= 0.3 is 6.18 Å². The van der Waals surface area contributed by atoms with Crippen LogP contribution in [0.4, 0.5) is 24.7 Å². The van der Waals surface area contributed by atoms with Crippen LogP contribution in [0.15, 0.2) is 88.8 Å². The van der Waals surface area contributed by atoms with E-state index in [-0.39, 0.29) is 20.0 Å². The quantitative estimate of drug-likeness (QED) is 0.265.